The van der Waals surface area contributed by atoms with E-state index in [4.69, 9.17) is 4.74 Å². The first-order chi connectivity index (χ1) is 10.8. The number of aryl methyl sites for hydroxylation is 1. The number of nitrogens with zero attached hydrogens (tertiary/aromatic N) is 3. The van der Waals surface area contributed by atoms with E-state index in [1.54, 1.807) is 4.90 Å². The molecule has 1 aliphatic rings. The minimum Gasteiger partial charge on any atom is -0.443 e. The van der Waals surface area contributed by atoms with E-state index in [-0.39, 0.29) is 6.09 Å². The van der Waals surface area contributed by atoms with E-state index in [0.29, 0.717) is 6.54 Å². The highest BCUT2D eigenvalue weighted by atomic mass is 16.6. The van der Waals surface area contributed by atoms with Crippen LogP contribution in [0.25, 0.3) is 11.1 Å². The fraction of sp³-hybridized carbons (Fsp3) is 0.444. The summed E-state index contributed by atoms with van der Waals surface area (Å²) in [6, 6.07) is 6.21. The molecule has 2 aromatic rings. The van der Waals surface area contributed by atoms with Crippen molar-refractivity contribution in [2.75, 3.05) is 11.4 Å². The second kappa shape index (κ2) is 5.41. The fourth-order valence-electron chi connectivity index (χ4n) is 2.86. The standard InChI is InChI=1S/C18H23N3O2/c1-12-15(11-19-20(12)5)13-6-7-16-14(10-13)8-9-21(16)17(22)23-18(2,3)4/h6-7,10-11H,8-9H2,1-5H3. The highest BCUT2D eigenvalue weighted by molar-refractivity contribution is 5.91. The Hall–Kier alpha value is -2.30. The number of hydrogen-bond donors (Lipinski definition) is 0. The van der Waals surface area contributed by atoms with Crippen LogP contribution < -0.4 is 4.90 Å². The molecular weight excluding hydrogens is 290 g/mol. The van der Waals surface area contributed by atoms with Crippen molar-refractivity contribution in [3.05, 3.63) is 35.7 Å². The first-order valence-electron chi connectivity index (χ1n) is 7.89. The van der Waals surface area contributed by atoms with Crippen molar-refractivity contribution in [3.8, 4) is 11.1 Å². The van der Waals surface area contributed by atoms with E-state index in [1.807, 2.05) is 50.8 Å². The van der Waals surface area contributed by atoms with Gasteiger partial charge < -0.3 is 4.74 Å². The SMILES string of the molecule is Cc1c(-c2ccc3c(c2)CCN3C(=O)OC(C)(C)C)cnn1C. The van der Waals surface area contributed by atoms with Crippen LogP contribution in [0.3, 0.4) is 0 Å². The van der Waals surface area contributed by atoms with Crippen LogP contribution in [0.5, 0.6) is 0 Å². The van der Waals surface area contributed by atoms with Crippen LogP contribution in [0, 0.1) is 6.92 Å². The lowest BCUT2D eigenvalue weighted by molar-refractivity contribution is 0.0584. The molecule has 0 fully saturated rings. The minimum atomic E-state index is -0.480. The summed E-state index contributed by atoms with van der Waals surface area (Å²) in [6.07, 6.45) is 2.46. The third-order valence-corrected chi connectivity index (χ3v) is 4.14. The van der Waals surface area contributed by atoms with Crippen molar-refractivity contribution in [1.82, 2.24) is 9.78 Å². The molecule has 0 saturated heterocycles. The predicted molar refractivity (Wildman–Crippen MR) is 90.7 cm³/mol. The quantitative estimate of drug-likeness (QED) is 0.806. The molecule has 5 heteroatoms. The molecule has 2 heterocycles. The number of anilines is 1. The Balaban J connectivity index is 1.89. The Morgan fingerprint density at radius 1 is 1.30 bits per heavy atom. The monoisotopic (exact) mass is 313 g/mol. The van der Waals surface area contributed by atoms with Crippen LogP contribution >= 0.6 is 0 Å². The van der Waals surface area contributed by atoms with Crippen LogP contribution in [0.15, 0.2) is 24.4 Å². The number of hydrogen-bond acceptors (Lipinski definition) is 3. The maximum absolute atomic E-state index is 12.3. The van der Waals surface area contributed by atoms with Gasteiger partial charge in [0.05, 0.1) is 11.9 Å². The molecule has 122 valence electrons. The van der Waals surface area contributed by atoms with E-state index in [1.165, 1.54) is 5.56 Å². The van der Waals surface area contributed by atoms with Crippen molar-refractivity contribution in [2.45, 2.75) is 39.7 Å². The van der Waals surface area contributed by atoms with E-state index >= 15 is 0 Å². The van der Waals surface area contributed by atoms with Gasteiger partial charge in [-0.2, -0.15) is 5.10 Å². The van der Waals surface area contributed by atoms with Gasteiger partial charge in [-0.3, -0.25) is 9.58 Å². The summed E-state index contributed by atoms with van der Waals surface area (Å²) in [5.74, 6) is 0. The molecule has 1 aliphatic heterocycles. The van der Waals surface area contributed by atoms with Crippen molar-refractivity contribution in [1.29, 1.82) is 0 Å². The molecule has 0 bridgehead atoms. The largest absolute Gasteiger partial charge is 0.443 e. The normalized spacial score (nSPS) is 14.0. The van der Waals surface area contributed by atoms with Crippen molar-refractivity contribution >= 4 is 11.8 Å². The van der Waals surface area contributed by atoms with Crippen LogP contribution in [-0.4, -0.2) is 28.0 Å². The number of carbonyl (C=O) groups is 1. The number of amides is 1. The third kappa shape index (κ3) is 2.96. The highest BCUT2D eigenvalue weighted by Crippen LogP contribution is 2.34. The average molecular weight is 313 g/mol. The summed E-state index contributed by atoms with van der Waals surface area (Å²) >= 11 is 0. The van der Waals surface area contributed by atoms with Gasteiger partial charge in [0.2, 0.25) is 0 Å². The van der Waals surface area contributed by atoms with Gasteiger partial charge in [-0.15, -0.1) is 0 Å². The zero-order valence-corrected chi connectivity index (χ0v) is 14.4. The van der Waals surface area contributed by atoms with Gasteiger partial charge in [0.15, 0.2) is 0 Å². The number of fused-ring (bicyclic) bond motifs is 1. The Labute approximate surface area is 136 Å². The molecule has 3 rings (SSSR count). The molecule has 0 N–H and O–H groups in total. The smallest absolute Gasteiger partial charge is 0.414 e. The molecule has 0 aliphatic carbocycles. The molecular formula is C18H23N3O2. The van der Waals surface area contributed by atoms with Crippen molar-refractivity contribution in [3.63, 3.8) is 0 Å². The van der Waals surface area contributed by atoms with Crippen LogP contribution in [0.4, 0.5) is 10.5 Å². The van der Waals surface area contributed by atoms with Gasteiger partial charge in [0.1, 0.15) is 5.60 Å². The van der Waals surface area contributed by atoms with Gasteiger partial charge in [0, 0.05) is 24.8 Å². The number of aromatic nitrogens is 2. The first-order valence-corrected chi connectivity index (χ1v) is 7.89. The van der Waals surface area contributed by atoms with E-state index < -0.39 is 5.60 Å². The van der Waals surface area contributed by atoms with Gasteiger partial charge in [-0.1, -0.05) is 6.07 Å². The summed E-state index contributed by atoms with van der Waals surface area (Å²) in [4.78, 5) is 14.0. The maximum Gasteiger partial charge on any atom is 0.414 e. The summed E-state index contributed by atoms with van der Waals surface area (Å²) in [5, 5.41) is 4.30. The molecule has 1 aromatic heterocycles. The molecule has 1 aromatic carbocycles. The lowest BCUT2D eigenvalue weighted by Crippen LogP contribution is -2.35. The van der Waals surface area contributed by atoms with Crippen molar-refractivity contribution in [2.24, 2.45) is 7.05 Å². The summed E-state index contributed by atoms with van der Waals surface area (Å²) in [6.45, 7) is 8.38. The van der Waals surface area contributed by atoms with Crippen LogP contribution in [0.2, 0.25) is 0 Å². The fourth-order valence-corrected chi connectivity index (χ4v) is 2.86. The van der Waals surface area contributed by atoms with Crippen LogP contribution in [-0.2, 0) is 18.2 Å². The molecule has 0 spiro atoms. The molecule has 1 amide bonds. The summed E-state index contributed by atoms with van der Waals surface area (Å²) in [7, 11) is 1.94. The van der Waals surface area contributed by atoms with Gasteiger partial charge >= 0.3 is 6.09 Å². The van der Waals surface area contributed by atoms with Crippen molar-refractivity contribution < 1.29 is 9.53 Å². The Morgan fingerprint density at radius 2 is 2.04 bits per heavy atom. The zero-order chi connectivity index (χ0) is 16.8. The maximum atomic E-state index is 12.3. The Kier molecular flexibility index (Phi) is 3.66. The zero-order valence-electron chi connectivity index (χ0n) is 14.4. The first kappa shape index (κ1) is 15.6. The number of carbonyl (C=O) groups excluding carboxylic acids is 1. The second-order valence-electron chi connectivity index (χ2n) is 6.99. The van der Waals surface area contributed by atoms with E-state index in [2.05, 4.69) is 18.1 Å². The number of rotatable bonds is 1. The van der Waals surface area contributed by atoms with E-state index in [9.17, 15) is 4.79 Å². The highest BCUT2D eigenvalue weighted by Gasteiger charge is 2.29. The number of benzene rings is 1. The minimum absolute atomic E-state index is 0.276. The molecule has 23 heavy (non-hydrogen) atoms. The Morgan fingerprint density at radius 3 is 2.65 bits per heavy atom. The van der Waals surface area contributed by atoms with Gasteiger partial charge in [-0.05, 0) is 57.4 Å². The summed E-state index contributed by atoms with van der Waals surface area (Å²) in [5.41, 5.74) is 5.05. The lowest BCUT2D eigenvalue weighted by atomic mass is 10.0. The van der Waals surface area contributed by atoms with E-state index in [0.717, 1.165) is 28.9 Å². The molecule has 0 radical (unpaired) electrons. The van der Waals surface area contributed by atoms with Gasteiger partial charge in [0.25, 0.3) is 0 Å². The van der Waals surface area contributed by atoms with Gasteiger partial charge in [-0.25, -0.2) is 4.79 Å². The predicted octanol–water partition coefficient (Wildman–Crippen LogP) is 3.69. The lowest BCUT2D eigenvalue weighted by Gasteiger charge is -2.24. The molecule has 0 saturated carbocycles. The topological polar surface area (TPSA) is 47.4 Å². The average Bonchev–Trinajstić information content (AvgIpc) is 3.01. The number of ether oxygens (including phenoxy) is 1. The molecule has 0 atom stereocenters. The molecule has 0 unspecified atom stereocenters. The third-order valence-electron chi connectivity index (χ3n) is 4.14. The molecule has 5 nitrogen and oxygen atoms in total. The summed E-state index contributed by atoms with van der Waals surface area (Å²) < 4.78 is 7.36. The Bertz CT molecular complexity index is 756. The van der Waals surface area contributed by atoms with Crippen LogP contribution in [0.1, 0.15) is 32.0 Å². The second-order valence-corrected chi connectivity index (χ2v) is 6.99.